The van der Waals surface area contributed by atoms with Crippen LogP contribution in [0.15, 0.2) is 71.3 Å². The molecule has 2 heterocycles. The van der Waals surface area contributed by atoms with Crippen molar-refractivity contribution in [3.8, 4) is 17.2 Å². The molecular weight excluding hydrogens is 697 g/mol. The summed E-state index contributed by atoms with van der Waals surface area (Å²) in [6.07, 6.45) is 4.02. The number of sulfonamides is 2. The second-order valence-corrected chi connectivity index (χ2v) is 16.0. The van der Waals surface area contributed by atoms with Gasteiger partial charge in [0.1, 0.15) is 17.2 Å². The van der Waals surface area contributed by atoms with Gasteiger partial charge in [-0.25, -0.2) is 21.8 Å². The second-order valence-electron chi connectivity index (χ2n) is 11.9. The first-order valence-corrected chi connectivity index (χ1v) is 20.0. The Morgan fingerprint density at radius 1 is 0.902 bits per heavy atom. The number of carboxylic acids is 1. The van der Waals surface area contributed by atoms with Crippen molar-refractivity contribution in [3.63, 3.8) is 0 Å². The predicted octanol–water partition coefficient (Wildman–Crippen LogP) is 5.68. The minimum atomic E-state index is -4.12. The molecule has 0 spiro atoms. The zero-order valence-corrected chi connectivity index (χ0v) is 30.6. The van der Waals surface area contributed by atoms with Crippen LogP contribution in [-0.4, -0.2) is 61.9 Å². The number of pyridine rings is 1. The van der Waals surface area contributed by atoms with E-state index in [4.69, 9.17) is 9.15 Å². The third-order valence-corrected chi connectivity index (χ3v) is 12.4. The third-order valence-electron chi connectivity index (χ3n) is 7.97. The summed E-state index contributed by atoms with van der Waals surface area (Å²) in [5.74, 6) is -0.462. The summed E-state index contributed by atoms with van der Waals surface area (Å²) < 4.78 is 65.2. The quantitative estimate of drug-likeness (QED) is 0.114. The molecule has 0 aliphatic rings. The molecule has 0 saturated heterocycles. The molecule has 2 aromatic heterocycles. The summed E-state index contributed by atoms with van der Waals surface area (Å²) >= 11 is 0. The first kappa shape index (κ1) is 39.0. The van der Waals surface area contributed by atoms with Gasteiger partial charge >= 0.3 is 5.97 Å². The molecule has 0 atom stereocenters. The third kappa shape index (κ3) is 10.9. The first-order chi connectivity index (χ1) is 24.3. The molecule has 2 aromatic carbocycles. The first-order valence-electron chi connectivity index (χ1n) is 16.8. The number of ether oxygens (including phenoxy) is 1. The lowest BCUT2D eigenvalue weighted by Gasteiger charge is -2.24. The van der Waals surface area contributed by atoms with Crippen LogP contribution in [0.3, 0.4) is 0 Å². The number of aliphatic carboxylic acids is 1. The minimum absolute atomic E-state index is 0.0347. The average Bonchev–Trinajstić information content (AvgIpc) is 3.48. The van der Waals surface area contributed by atoms with Crippen molar-refractivity contribution in [1.29, 1.82) is 0 Å². The van der Waals surface area contributed by atoms with E-state index in [2.05, 4.69) is 15.3 Å². The summed E-state index contributed by atoms with van der Waals surface area (Å²) in [6.45, 7) is 5.84. The van der Waals surface area contributed by atoms with Crippen molar-refractivity contribution in [3.05, 3.63) is 95.1 Å². The van der Waals surface area contributed by atoms with Crippen molar-refractivity contribution in [1.82, 2.24) is 15.3 Å². The number of anilines is 1. The Balaban J connectivity index is 1.45. The monoisotopic (exact) mass is 740 g/mol. The number of aromatic nitrogens is 2. The van der Waals surface area contributed by atoms with Gasteiger partial charge < -0.3 is 19.6 Å². The highest BCUT2D eigenvalue weighted by molar-refractivity contribution is 8.10. The highest BCUT2D eigenvalue weighted by atomic mass is 32.3. The zero-order valence-electron chi connectivity index (χ0n) is 29.0. The summed E-state index contributed by atoms with van der Waals surface area (Å²) in [5, 5.41) is 12.0. The Bertz CT molecular complexity index is 1960. The van der Waals surface area contributed by atoms with Gasteiger partial charge in [-0.3, -0.25) is 14.6 Å². The van der Waals surface area contributed by atoms with Gasteiger partial charge in [0.15, 0.2) is 0 Å². The van der Waals surface area contributed by atoms with E-state index >= 15 is 0 Å². The second kappa shape index (κ2) is 17.9. The van der Waals surface area contributed by atoms with Gasteiger partial charge in [0.25, 0.3) is 5.91 Å². The van der Waals surface area contributed by atoms with E-state index in [1.165, 1.54) is 18.3 Å². The number of carbonyl (C=O) groups is 2. The molecule has 274 valence electrons. The van der Waals surface area contributed by atoms with Gasteiger partial charge in [0.05, 0.1) is 29.5 Å². The molecule has 0 fully saturated rings. The van der Waals surface area contributed by atoms with Gasteiger partial charge in [-0.2, -0.15) is 3.71 Å². The highest BCUT2D eigenvalue weighted by Gasteiger charge is 2.33. The molecule has 0 unspecified atom stereocenters. The molecule has 1 amide bonds. The number of nitrogens with zero attached hydrogens (tertiary/aromatic N) is 3. The number of hydrogen-bond acceptors (Lipinski definition) is 10. The van der Waals surface area contributed by atoms with E-state index in [1.807, 2.05) is 13.8 Å². The number of rotatable bonds is 20. The van der Waals surface area contributed by atoms with Crippen molar-refractivity contribution in [2.75, 3.05) is 21.8 Å². The molecular formula is C36H44N4O9S2. The lowest BCUT2D eigenvalue weighted by Crippen LogP contribution is -2.40. The van der Waals surface area contributed by atoms with Gasteiger partial charge in [0, 0.05) is 31.1 Å². The SMILES string of the molecule is CCCCS(=O)(=O)N(c1ccc(-c2nc(CCOc3ccc(CCC(=O)O)c(CNC(=O)c4ccccn4)c3)c(C)o2)cc1)S(=O)(=O)CCCC. The molecule has 2 N–H and O–H groups in total. The Morgan fingerprint density at radius 3 is 2.20 bits per heavy atom. The molecule has 0 aliphatic carbocycles. The normalized spacial score (nSPS) is 11.7. The minimum Gasteiger partial charge on any atom is -0.493 e. The molecule has 51 heavy (non-hydrogen) atoms. The van der Waals surface area contributed by atoms with Gasteiger partial charge in [0.2, 0.25) is 25.9 Å². The van der Waals surface area contributed by atoms with E-state index in [9.17, 15) is 31.5 Å². The van der Waals surface area contributed by atoms with Crippen molar-refractivity contribution < 1.29 is 40.7 Å². The van der Waals surface area contributed by atoms with E-state index in [1.54, 1.807) is 55.5 Å². The zero-order chi connectivity index (χ0) is 37.0. The van der Waals surface area contributed by atoms with Crippen LogP contribution in [0.25, 0.3) is 11.5 Å². The summed E-state index contributed by atoms with van der Waals surface area (Å²) in [6, 6.07) is 16.4. The van der Waals surface area contributed by atoms with Gasteiger partial charge in [-0.1, -0.05) is 38.8 Å². The predicted molar refractivity (Wildman–Crippen MR) is 194 cm³/mol. The fourth-order valence-electron chi connectivity index (χ4n) is 5.19. The molecule has 0 saturated carbocycles. The maximum absolute atomic E-state index is 13.2. The van der Waals surface area contributed by atoms with Crippen LogP contribution in [-0.2, 0) is 44.2 Å². The largest absolute Gasteiger partial charge is 0.493 e. The van der Waals surface area contributed by atoms with E-state index in [0.717, 1.165) is 11.1 Å². The van der Waals surface area contributed by atoms with Crippen LogP contribution in [0.2, 0.25) is 0 Å². The number of carboxylic acid groups (broad SMARTS) is 1. The Hall–Kier alpha value is -4.76. The number of oxazole rings is 1. The molecule has 4 rings (SSSR count). The molecule has 13 nitrogen and oxygen atoms in total. The van der Waals surface area contributed by atoms with E-state index in [0.29, 0.717) is 58.6 Å². The van der Waals surface area contributed by atoms with Gasteiger partial charge in [-0.15, -0.1) is 0 Å². The number of nitrogens with one attached hydrogen (secondary N) is 1. The van der Waals surface area contributed by atoms with Crippen molar-refractivity contribution in [2.24, 2.45) is 0 Å². The van der Waals surface area contributed by atoms with Crippen LogP contribution >= 0.6 is 0 Å². The van der Waals surface area contributed by atoms with Crippen molar-refractivity contribution in [2.45, 2.75) is 72.3 Å². The maximum Gasteiger partial charge on any atom is 0.303 e. The number of amides is 1. The van der Waals surface area contributed by atoms with Crippen LogP contribution in [0, 0.1) is 6.92 Å². The fourth-order valence-corrected chi connectivity index (χ4v) is 9.55. The standard InChI is InChI=1S/C36H44N4O9S2/c1-4-6-22-50(44,45)40(51(46,47)23-7-5-2)30-15-11-28(12-16-30)36-39-32(26(3)49-36)19-21-48-31-17-13-27(14-18-34(41)42)29(24-31)25-38-35(43)33-10-8-9-20-37-33/h8-13,15-17,20,24H,4-7,14,18-19,21-23,25H2,1-3H3,(H,38,43)(H,41,42). The maximum atomic E-state index is 13.2. The highest BCUT2D eigenvalue weighted by Crippen LogP contribution is 2.29. The van der Waals surface area contributed by atoms with Crippen LogP contribution in [0.4, 0.5) is 5.69 Å². The smallest absolute Gasteiger partial charge is 0.303 e. The topological polar surface area (TPSA) is 186 Å². The van der Waals surface area contributed by atoms with Gasteiger partial charge in [-0.05, 0) is 85.8 Å². The van der Waals surface area contributed by atoms with E-state index in [-0.39, 0.29) is 60.7 Å². The number of carbonyl (C=O) groups excluding carboxylic acids is 1. The summed E-state index contributed by atoms with van der Waals surface area (Å²) in [5.41, 5.74) is 2.97. The van der Waals surface area contributed by atoms with Crippen molar-refractivity contribution >= 4 is 37.6 Å². The molecule has 0 radical (unpaired) electrons. The number of unbranched alkanes of at least 4 members (excludes halogenated alkanes) is 2. The Labute approximate surface area is 299 Å². The Kier molecular flexibility index (Phi) is 13.7. The molecule has 0 bridgehead atoms. The van der Waals surface area contributed by atoms with Crippen LogP contribution in [0.5, 0.6) is 5.75 Å². The lowest BCUT2D eigenvalue weighted by atomic mass is 10.0. The lowest BCUT2D eigenvalue weighted by molar-refractivity contribution is -0.136. The Morgan fingerprint density at radius 2 is 1.59 bits per heavy atom. The molecule has 4 aromatic rings. The summed E-state index contributed by atoms with van der Waals surface area (Å²) in [7, 11) is -8.24. The van der Waals surface area contributed by atoms with Crippen LogP contribution < -0.4 is 13.8 Å². The number of benzene rings is 2. The fraction of sp³-hybridized carbons (Fsp3) is 0.389. The number of hydrogen-bond donors (Lipinski definition) is 2. The van der Waals surface area contributed by atoms with Crippen LogP contribution in [0.1, 0.15) is 79.0 Å². The van der Waals surface area contributed by atoms with E-state index < -0.39 is 26.0 Å². The molecule has 0 aliphatic heterocycles. The average molecular weight is 741 g/mol. The summed E-state index contributed by atoms with van der Waals surface area (Å²) in [4.78, 5) is 32.5. The molecule has 15 heteroatoms. The number of aryl methyl sites for hydroxylation is 2.